The largest absolute Gasteiger partial charge is 0.354 e. The predicted octanol–water partition coefficient (Wildman–Crippen LogP) is 4.01. The van der Waals surface area contributed by atoms with Crippen molar-refractivity contribution in [3.05, 3.63) is 65.9 Å². The van der Waals surface area contributed by atoms with Crippen LogP contribution in [0.5, 0.6) is 0 Å². The molecule has 0 amide bonds. The molecule has 5 nitrogen and oxygen atoms in total. The van der Waals surface area contributed by atoms with Crippen LogP contribution in [0, 0.1) is 6.92 Å². The quantitative estimate of drug-likeness (QED) is 0.760. The monoisotopic (exact) mass is 342 g/mol. The highest BCUT2D eigenvalue weighted by molar-refractivity contribution is 7.92. The van der Waals surface area contributed by atoms with E-state index in [9.17, 15) is 8.42 Å². The van der Waals surface area contributed by atoms with Crippen molar-refractivity contribution < 1.29 is 12.9 Å². The highest BCUT2D eigenvalue weighted by atomic mass is 32.2. The van der Waals surface area contributed by atoms with E-state index < -0.39 is 10.0 Å². The molecule has 0 saturated heterocycles. The van der Waals surface area contributed by atoms with Crippen LogP contribution in [0.2, 0.25) is 0 Å². The summed E-state index contributed by atoms with van der Waals surface area (Å²) >= 11 is 0. The fourth-order valence-electron chi connectivity index (χ4n) is 2.47. The first-order valence-electron chi connectivity index (χ1n) is 7.65. The highest BCUT2D eigenvalue weighted by Gasteiger charge is 2.23. The Kier molecular flexibility index (Phi) is 4.40. The third-order valence-corrected chi connectivity index (χ3v) is 5.14. The second-order valence-electron chi connectivity index (χ2n) is 5.42. The van der Waals surface area contributed by atoms with Gasteiger partial charge in [-0.25, -0.2) is 8.42 Å². The molecular weight excluding hydrogens is 324 g/mol. The summed E-state index contributed by atoms with van der Waals surface area (Å²) in [5.41, 5.74) is 2.77. The third kappa shape index (κ3) is 3.05. The van der Waals surface area contributed by atoms with Crippen molar-refractivity contribution in [3.63, 3.8) is 0 Å². The number of benzene rings is 2. The summed E-state index contributed by atoms with van der Waals surface area (Å²) < 4.78 is 33.4. The summed E-state index contributed by atoms with van der Waals surface area (Å²) in [4.78, 5) is 0.198. The number of sulfonamides is 1. The van der Waals surface area contributed by atoms with Gasteiger partial charge in [-0.15, -0.1) is 0 Å². The first-order valence-corrected chi connectivity index (χ1v) is 9.13. The minimum absolute atomic E-state index is 0.198. The van der Waals surface area contributed by atoms with Gasteiger partial charge in [0.1, 0.15) is 11.4 Å². The van der Waals surface area contributed by atoms with E-state index in [-0.39, 0.29) is 4.90 Å². The maximum Gasteiger partial charge on any atom is 0.262 e. The predicted molar refractivity (Wildman–Crippen MR) is 93.3 cm³/mol. The van der Waals surface area contributed by atoms with E-state index in [0.717, 1.165) is 11.1 Å². The average Bonchev–Trinajstić information content (AvgIpc) is 2.98. The minimum atomic E-state index is -3.71. The lowest BCUT2D eigenvalue weighted by molar-refractivity contribution is 0.424. The molecule has 6 heteroatoms. The van der Waals surface area contributed by atoms with Crippen molar-refractivity contribution in [2.45, 2.75) is 25.2 Å². The number of aromatic nitrogens is 1. The number of aryl methyl sites for hydroxylation is 2. The van der Waals surface area contributed by atoms with Crippen molar-refractivity contribution in [3.8, 4) is 11.3 Å². The van der Waals surface area contributed by atoms with Gasteiger partial charge in [-0.1, -0.05) is 54.5 Å². The lowest BCUT2D eigenvalue weighted by Gasteiger charge is -2.10. The molecular formula is C18H18N2O3S. The molecule has 0 aliphatic heterocycles. The van der Waals surface area contributed by atoms with Gasteiger partial charge in [0.25, 0.3) is 10.0 Å². The van der Waals surface area contributed by atoms with E-state index in [4.69, 9.17) is 4.52 Å². The van der Waals surface area contributed by atoms with Crippen molar-refractivity contribution in [2.75, 3.05) is 4.72 Å². The Balaban J connectivity index is 2.08. The Labute approximate surface area is 141 Å². The SMILES string of the molecule is CCc1noc(-c2ccccc2C)c1NS(=O)(=O)c1ccccc1. The Morgan fingerprint density at radius 3 is 2.38 bits per heavy atom. The lowest BCUT2D eigenvalue weighted by atomic mass is 10.1. The molecule has 24 heavy (non-hydrogen) atoms. The molecule has 124 valence electrons. The molecule has 0 radical (unpaired) electrons. The van der Waals surface area contributed by atoms with Crippen LogP contribution in [0.15, 0.2) is 64.0 Å². The Hall–Kier alpha value is -2.60. The third-order valence-electron chi connectivity index (χ3n) is 3.78. The smallest absolute Gasteiger partial charge is 0.262 e. The topological polar surface area (TPSA) is 72.2 Å². The number of hydrogen-bond acceptors (Lipinski definition) is 4. The van der Waals surface area contributed by atoms with E-state index in [1.165, 1.54) is 0 Å². The Bertz CT molecular complexity index is 947. The summed E-state index contributed by atoms with van der Waals surface area (Å²) in [5.74, 6) is 0.435. The van der Waals surface area contributed by atoms with E-state index in [1.807, 2.05) is 38.1 Å². The minimum Gasteiger partial charge on any atom is -0.354 e. The zero-order chi connectivity index (χ0) is 17.2. The summed E-state index contributed by atoms with van der Waals surface area (Å²) in [7, 11) is -3.71. The summed E-state index contributed by atoms with van der Waals surface area (Å²) in [6.07, 6.45) is 0.558. The zero-order valence-corrected chi connectivity index (χ0v) is 14.3. The van der Waals surface area contributed by atoms with Gasteiger partial charge in [0.05, 0.1) is 4.90 Å². The highest BCUT2D eigenvalue weighted by Crippen LogP contribution is 2.34. The van der Waals surface area contributed by atoms with Crippen molar-refractivity contribution in [1.29, 1.82) is 0 Å². The van der Waals surface area contributed by atoms with Crippen LogP contribution in [-0.4, -0.2) is 13.6 Å². The fraction of sp³-hybridized carbons (Fsp3) is 0.167. The molecule has 2 aromatic carbocycles. The molecule has 1 N–H and O–H groups in total. The lowest BCUT2D eigenvalue weighted by Crippen LogP contribution is -2.14. The van der Waals surface area contributed by atoms with Gasteiger partial charge in [-0.3, -0.25) is 4.72 Å². The fourth-order valence-corrected chi connectivity index (χ4v) is 3.59. The standard InChI is InChI=1S/C18H18N2O3S/c1-3-16-17(20-24(21,22)14-10-5-4-6-11-14)18(23-19-16)15-12-8-7-9-13(15)2/h4-12,20H,3H2,1-2H3. The summed E-state index contributed by atoms with van der Waals surface area (Å²) in [6, 6.07) is 15.9. The molecule has 0 aliphatic rings. The molecule has 1 heterocycles. The normalized spacial score (nSPS) is 11.4. The number of anilines is 1. The van der Waals surface area contributed by atoms with Gasteiger partial charge in [0, 0.05) is 5.56 Å². The summed E-state index contributed by atoms with van der Waals surface area (Å²) in [6.45, 7) is 3.85. The summed E-state index contributed by atoms with van der Waals surface area (Å²) in [5, 5.41) is 4.03. The second-order valence-corrected chi connectivity index (χ2v) is 7.10. The van der Waals surface area contributed by atoms with Crippen LogP contribution in [0.3, 0.4) is 0 Å². The van der Waals surface area contributed by atoms with Crippen LogP contribution >= 0.6 is 0 Å². The molecule has 0 unspecified atom stereocenters. The molecule has 3 rings (SSSR count). The maximum atomic E-state index is 12.7. The van der Waals surface area contributed by atoms with Crippen LogP contribution in [0.4, 0.5) is 5.69 Å². The van der Waals surface area contributed by atoms with Gasteiger partial charge in [-0.05, 0) is 31.0 Å². The van der Waals surface area contributed by atoms with Crippen molar-refractivity contribution in [1.82, 2.24) is 5.16 Å². The van der Waals surface area contributed by atoms with Crippen LogP contribution in [-0.2, 0) is 16.4 Å². The van der Waals surface area contributed by atoms with E-state index in [2.05, 4.69) is 9.88 Å². The van der Waals surface area contributed by atoms with Crippen LogP contribution in [0.1, 0.15) is 18.2 Å². The molecule has 0 spiro atoms. The van der Waals surface area contributed by atoms with Crippen molar-refractivity contribution >= 4 is 15.7 Å². The molecule has 3 aromatic rings. The first kappa shape index (κ1) is 16.3. The van der Waals surface area contributed by atoms with Crippen LogP contribution in [0.25, 0.3) is 11.3 Å². The maximum absolute atomic E-state index is 12.7. The zero-order valence-electron chi connectivity index (χ0n) is 13.5. The number of nitrogens with one attached hydrogen (secondary N) is 1. The first-order chi connectivity index (χ1) is 11.5. The number of hydrogen-bond donors (Lipinski definition) is 1. The number of nitrogens with zero attached hydrogens (tertiary/aromatic N) is 1. The van der Waals surface area contributed by atoms with E-state index in [0.29, 0.717) is 23.6 Å². The van der Waals surface area contributed by atoms with E-state index >= 15 is 0 Å². The molecule has 1 aromatic heterocycles. The van der Waals surface area contributed by atoms with Gasteiger partial charge < -0.3 is 4.52 Å². The molecule has 0 saturated carbocycles. The van der Waals surface area contributed by atoms with Gasteiger partial charge >= 0.3 is 0 Å². The van der Waals surface area contributed by atoms with E-state index in [1.54, 1.807) is 30.3 Å². The molecule has 0 atom stereocenters. The van der Waals surface area contributed by atoms with Gasteiger partial charge in [-0.2, -0.15) is 0 Å². The number of rotatable bonds is 5. The average molecular weight is 342 g/mol. The van der Waals surface area contributed by atoms with Gasteiger partial charge in [0.2, 0.25) is 0 Å². The van der Waals surface area contributed by atoms with Crippen molar-refractivity contribution in [2.24, 2.45) is 0 Å². The molecule has 0 aliphatic carbocycles. The molecule has 0 bridgehead atoms. The van der Waals surface area contributed by atoms with Gasteiger partial charge in [0.15, 0.2) is 5.76 Å². The Morgan fingerprint density at radius 2 is 1.71 bits per heavy atom. The second kappa shape index (κ2) is 6.49. The molecule has 0 fully saturated rings. The Morgan fingerprint density at radius 1 is 1.04 bits per heavy atom. The van der Waals surface area contributed by atoms with Crippen LogP contribution < -0.4 is 4.72 Å².